The molecule has 0 saturated carbocycles. The Morgan fingerprint density at radius 3 is 2.93 bits per heavy atom. The third-order valence-electron chi connectivity index (χ3n) is 2.26. The molecule has 1 atom stereocenters. The second-order valence-electron chi connectivity index (χ2n) is 3.89. The second-order valence-corrected chi connectivity index (χ2v) is 3.89. The zero-order valence-corrected chi connectivity index (χ0v) is 8.49. The molecule has 1 unspecified atom stereocenters. The number of nitrogens with zero attached hydrogens (tertiary/aromatic N) is 1. The smallest absolute Gasteiger partial charge is 0.231 e. The van der Waals surface area contributed by atoms with Gasteiger partial charge in [0.25, 0.3) is 0 Å². The monoisotopic (exact) mass is 204 g/mol. The van der Waals surface area contributed by atoms with E-state index in [1.54, 1.807) is 6.92 Å². The van der Waals surface area contributed by atoms with E-state index >= 15 is 0 Å². The van der Waals surface area contributed by atoms with E-state index in [2.05, 4.69) is 6.07 Å². The van der Waals surface area contributed by atoms with Gasteiger partial charge in [0, 0.05) is 6.42 Å². The molecule has 1 aliphatic rings. The third kappa shape index (κ3) is 2.03. The fourth-order valence-electron chi connectivity index (χ4n) is 1.51. The molecular formula is C11H12N2O2. The zero-order chi connectivity index (χ0) is 10.9. The van der Waals surface area contributed by atoms with E-state index in [1.807, 2.05) is 18.2 Å². The lowest BCUT2D eigenvalue weighted by Gasteiger charge is -2.15. The van der Waals surface area contributed by atoms with Crippen molar-refractivity contribution >= 4 is 0 Å². The van der Waals surface area contributed by atoms with Crippen LogP contribution in [-0.4, -0.2) is 12.3 Å². The number of nitriles is 1. The van der Waals surface area contributed by atoms with Gasteiger partial charge in [-0.3, -0.25) is 0 Å². The first-order chi connectivity index (χ1) is 7.11. The van der Waals surface area contributed by atoms with Crippen LogP contribution in [0, 0.1) is 11.3 Å². The van der Waals surface area contributed by atoms with Crippen LogP contribution < -0.4 is 15.2 Å². The summed E-state index contributed by atoms with van der Waals surface area (Å²) in [5.74, 6) is 1.47. The molecule has 0 saturated heterocycles. The fraction of sp³-hybridized carbons (Fsp3) is 0.364. The Kier molecular flexibility index (Phi) is 2.25. The predicted octanol–water partition coefficient (Wildman–Crippen LogP) is 1.20. The molecule has 0 aliphatic carbocycles. The zero-order valence-electron chi connectivity index (χ0n) is 8.49. The Labute approximate surface area is 88.2 Å². The van der Waals surface area contributed by atoms with Crippen molar-refractivity contribution in [2.24, 2.45) is 5.73 Å². The first-order valence-electron chi connectivity index (χ1n) is 4.69. The van der Waals surface area contributed by atoms with Crippen LogP contribution in [0.3, 0.4) is 0 Å². The molecule has 0 amide bonds. The van der Waals surface area contributed by atoms with Crippen LogP contribution in [0.1, 0.15) is 12.5 Å². The van der Waals surface area contributed by atoms with Crippen molar-refractivity contribution in [3.63, 3.8) is 0 Å². The fourth-order valence-corrected chi connectivity index (χ4v) is 1.51. The molecule has 78 valence electrons. The summed E-state index contributed by atoms with van der Waals surface area (Å²) in [5, 5.41) is 8.82. The summed E-state index contributed by atoms with van der Waals surface area (Å²) in [5.41, 5.74) is 5.90. The van der Waals surface area contributed by atoms with Crippen LogP contribution >= 0.6 is 0 Å². The minimum Gasteiger partial charge on any atom is -0.454 e. The van der Waals surface area contributed by atoms with Crippen LogP contribution in [0.15, 0.2) is 18.2 Å². The quantitative estimate of drug-likeness (QED) is 0.785. The van der Waals surface area contributed by atoms with Crippen LogP contribution in [0.25, 0.3) is 0 Å². The van der Waals surface area contributed by atoms with Gasteiger partial charge in [0.15, 0.2) is 11.5 Å². The highest BCUT2D eigenvalue weighted by Crippen LogP contribution is 2.33. The minimum atomic E-state index is -0.840. The average Bonchev–Trinajstić information content (AvgIpc) is 2.64. The minimum absolute atomic E-state index is 0.261. The normalized spacial score (nSPS) is 16.9. The van der Waals surface area contributed by atoms with Crippen molar-refractivity contribution in [1.29, 1.82) is 5.26 Å². The molecule has 2 rings (SSSR count). The van der Waals surface area contributed by atoms with Crippen molar-refractivity contribution in [3.05, 3.63) is 23.8 Å². The van der Waals surface area contributed by atoms with E-state index in [1.165, 1.54) is 0 Å². The van der Waals surface area contributed by atoms with E-state index in [-0.39, 0.29) is 6.79 Å². The van der Waals surface area contributed by atoms with Gasteiger partial charge in [-0.25, -0.2) is 0 Å². The Bertz CT molecular complexity index is 421. The molecule has 1 aromatic rings. The SMILES string of the molecule is CC(N)(C#N)Cc1ccc2c(c1)OCO2. The lowest BCUT2D eigenvalue weighted by atomic mass is 9.95. The molecule has 1 aliphatic heterocycles. The average molecular weight is 204 g/mol. The molecule has 15 heavy (non-hydrogen) atoms. The summed E-state index contributed by atoms with van der Waals surface area (Å²) in [6.07, 6.45) is 0.500. The number of benzene rings is 1. The summed E-state index contributed by atoms with van der Waals surface area (Å²) in [6.45, 7) is 1.97. The maximum atomic E-state index is 8.82. The molecular weight excluding hydrogens is 192 g/mol. The van der Waals surface area contributed by atoms with Crippen LogP contribution in [-0.2, 0) is 6.42 Å². The van der Waals surface area contributed by atoms with Crippen molar-refractivity contribution in [2.75, 3.05) is 6.79 Å². The molecule has 0 aromatic heterocycles. The highest BCUT2D eigenvalue weighted by atomic mass is 16.7. The van der Waals surface area contributed by atoms with Crippen LogP contribution in [0.5, 0.6) is 11.5 Å². The summed E-state index contributed by atoms with van der Waals surface area (Å²) in [7, 11) is 0. The Balaban J connectivity index is 2.21. The molecule has 0 fully saturated rings. The van der Waals surface area contributed by atoms with E-state index in [4.69, 9.17) is 20.5 Å². The molecule has 4 heteroatoms. The molecule has 0 radical (unpaired) electrons. The molecule has 0 bridgehead atoms. The lowest BCUT2D eigenvalue weighted by molar-refractivity contribution is 0.174. The summed E-state index contributed by atoms with van der Waals surface area (Å²) in [4.78, 5) is 0. The van der Waals surface area contributed by atoms with Crippen molar-refractivity contribution < 1.29 is 9.47 Å². The van der Waals surface area contributed by atoms with Gasteiger partial charge in [-0.15, -0.1) is 0 Å². The van der Waals surface area contributed by atoms with E-state index in [9.17, 15) is 0 Å². The highest BCUT2D eigenvalue weighted by Gasteiger charge is 2.20. The highest BCUT2D eigenvalue weighted by molar-refractivity contribution is 5.45. The first-order valence-corrected chi connectivity index (χ1v) is 4.69. The van der Waals surface area contributed by atoms with Crippen molar-refractivity contribution in [3.8, 4) is 17.6 Å². The Hall–Kier alpha value is -1.73. The lowest BCUT2D eigenvalue weighted by Crippen LogP contribution is -2.36. The van der Waals surface area contributed by atoms with Crippen LogP contribution in [0.4, 0.5) is 0 Å². The van der Waals surface area contributed by atoms with Gasteiger partial charge in [0.1, 0.15) is 5.54 Å². The maximum absolute atomic E-state index is 8.82. The predicted molar refractivity (Wildman–Crippen MR) is 54.5 cm³/mol. The van der Waals surface area contributed by atoms with Crippen molar-refractivity contribution in [2.45, 2.75) is 18.9 Å². The largest absolute Gasteiger partial charge is 0.454 e. The number of rotatable bonds is 2. The van der Waals surface area contributed by atoms with E-state index in [0.29, 0.717) is 6.42 Å². The van der Waals surface area contributed by atoms with Gasteiger partial charge in [0.05, 0.1) is 6.07 Å². The van der Waals surface area contributed by atoms with E-state index < -0.39 is 5.54 Å². The molecule has 1 aromatic carbocycles. The summed E-state index contributed by atoms with van der Waals surface area (Å²) in [6, 6.07) is 7.67. The summed E-state index contributed by atoms with van der Waals surface area (Å²) >= 11 is 0. The number of nitrogens with two attached hydrogens (primary N) is 1. The Morgan fingerprint density at radius 1 is 1.47 bits per heavy atom. The summed E-state index contributed by atoms with van der Waals surface area (Å²) < 4.78 is 10.4. The first kappa shape index (κ1) is 9.81. The van der Waals surface area contributed by atoms with Gasteiger partial charge in [-0.2, -0.15) is 5.26 Å². The van der Waals surface area contributed by atoms with Gasteiger partial charge >= 0.3 is 0 Å². The van der Waals surface area contributed by atoms with Gasteiger partial charge in [-0.05, 0) is 24.6 Å². The van der Waals surface area contributed by atoms with Crippen LogP contribution in [0.2, 0.25) is 0 Å². The number of hydrogen-bond acceptors (Lipinski definition) is 4. The third-order valence-corrected chi connectivity index (χ3v) is 2.26. The molecule has 2 N–H and O–H groups in total. The number of hydrogen-bond donors (Lipinski definition) is 1. The molecule has 0 spiro atoms. The Morgan fingerprint density at radius 2 is 2.20 bits per heavy atom. The number of ether oxygens (including phenoxy) is 2. The number of fused-ring (bicyclic) bond motifs is 1. The topological polar surface area (TPSA) is 68.3 Å². The molecule has 1 heterocycles. The van der Waals surface area contributed by atoms with Gasteiger partial charge in [0.2, 0.25) is 6.79 Å². The van der Waals surface area contributed by atoms with Crippen molar-refractivity contribution in [1.82, 2.24) is 0 Å². The van der Waals surface area contributed by atoms with Gasteiger partial charge < -0.3 is 15.2 Å². The van der Waals surface area contributed by atoms with E-state index in [0.717, 1.165) is 17.1 Å². The standard InChI is InChI=1S/C11H12N2O2/c1-11(13,6-12)5-8-2-3-9-10(4-8)15-7-14-9/h2-4H,5,7,13H2,1H3. The maximum Gasteiger partial charge on any atom is 0.231 e. The van der Waals surface area contributed by atoms with Gasteiger partial charge in [-0.1, -0.05) is 6.07 Å². The second kappa shape index (κ2) is 3.44. The molecule has 4 nitrogen and oxygen atoms in total.